The number of hydrogen-bond acceptors (Lipinski definition) is 4. The maximum Gasteiger partial charge on any atom is 0.216 e. The predicted molar refractivity (Wildman–Crippen MR) is 142 cm³/mol. The van der Waals surface area contributed by atoms with Gasteiger partial charge in [0.15, 0.2) is 5.25 Å². The lowest BCUT2D eigenvalue weighted by Crippen LogP contribution is -2.47. The summed E-state index contributed by atoms with van der Waals surface area (Å²) in [5, 5.41) is 1.86. The molecule has 5 heteroatoms. The maximum absolute atomic E-state index is 14.0. The van der Waals surface area contributed by atoms with Gasteiger partial charge in [-0.3, -0.25) is 4.79 Å². The zero-order valence-electron chi connectivity index (χ0n) is 20.6. The second-order valence-corrected chi connectivity index (χ2v) is 12.1. The van der Waals surface area contributed by atoms with Crippen molar-refractivity contribution in [3.63, 3.8) is 0 Å². The molecule has 0 aromatic heterocycles. The van der Waals surface area contributed by atoms with E-state index >= 15 is 0 Å². The monoisotopic (exact) mass is 479 g/mol. The number of rotatable bonds is 8. The summed E-state index contributed by atoms with van der Waals surface area (Å²) in [6.07, 6.45) is 0.973. The number of Topliss-reactive ketones (excluding diaryl/α,β-unsaturated/α-hetero) is 1. The number of benzene rings is 3. The van der Waals surface area contributed by atoms with Crippen LogP contribution in [0.2, 0.25) is 0 Å². The molecule has 0 spiro atoms. The molecule has 0 amide bonds. The molecule has 0 saturated carbocycles. The Morgan fingerprint density at radius 2 is 1.59 bits per heavy atom. The number of carbonyl (C=O) groups is 1. The first-order chi connectivity index (χ1) is 16.4. The van der Waals surface area contributed by atoms with Crippen LogP contribution in [0.25, 0.3) is 10.8 Å². The van der Waals surface area contributed by atoms with Gasteiger partial charge in [0.25, 0.3) is 0 Å². The highest BCUT2D eigenvalue weighted by atomic mass is 32.2. The van der Waals surface area contributed by atoms with E-state index in [1.165, 1.54) is 0 Å². The third-order valence-corrected chi connectivity index (χ3v) is 8.98. The molecule has 4 rings (SSSR count). The van der Waals surface area contributed by atoms with Crippen LogP contribution in [0.4, 0.5) is 0 Å². The fourth-order valence-electron chi connectivity index (χ4n) is 4.48. The molecule has 1 aliphatic heterocycles. The van der Waals surface area contributed by atoms with Gasteiger partial charge in [-0.15, -0.1) is 0 Å². The molecule has 1 saturated heterocycles. The SMILES string of the molecule is CCCOc1ccc(Oc2ccc(C(=O)C([S+]3CCOCC3)C(C)(C)C)c3ccccc23)cc1. The number of hydrogen-bond donors (Lipinski definition) is 0. The van der Waals surface area contributed by atoms with E-state index in [2.05, 4.69) is 27.7 Å². The predicted octanol–water partition coefficient (Wildman–Crippen LogP) is 6.67. The molecule has 0 N–H and O–H groups in total. The van der Waals surface area contributed by atoms with Crippen molar-refractivity contribution < 1.29 is 19.0 Å². The van der Waals surface area contributed by atoms with Crippen molar-refractivity contribution in [3.05, 3.63) is 66.2 Å². The average Bonchev–Trinajstić information content (AvgIpc) is 2.83. The lowest BCUT2D eigenvalue weighted by atomic mass is 9.86. The summed E-state index contributed by atoms with van der Waals surface area (Å²) in [6.45, 7) is 10.8. The highest BCUT2D eigenvalue weighted by Gasteiger charge is 2.46. The van der Waals surface area contributed by atoms with Crippen molar-refractivity contribution in [2.24, 2.45) is 5.41 Å². The van der Waals surface area contributed by atoms with Crippen LogP contribution in [0, 0.1) is 5.41 Å². The number of carbonyl (C=O) groups excluding carboxylic acids is 1. The molecule has 1 atom stereocenters. The third-order valence-electron chi connectivity index (χ3n) is 6.01. The van der Waals surface area contributed by atoms with Crippen LogP contribution < -0.4 is 9.47 Å². The first-order valence-electron chi connectivity index (χ1n) is 12.1. The summed E-state index contributed by atoms with van der Waals surface area (Å²) in [5.74, 6) is 4.48. The Kier molecular flexibility index (Phi) is 7.84. The van der Waals surface area contributed by atoms with E-state index in [1.807, 2.05) is 60.7 Å². The summed E-state index contributed by atoms with van der Waals surface area (Å²) < 4.78 is 17.5. The highest BCUT2D eigenvalue weighted by Crippen LogP contribution is 2.37. The minimum atomic E-state index is -0.116. The van der Waals surface area contributed by atoms with Crippen LogP contribution in [0.15, 0.2) is 60.7 Å². The van der Waals surface area contributed by atoms with Crippen LogP contribution in [0.1, 0.15) is 44.5 Å². The van der Waals surface area contributed by atoms with Crippen molar-refractivity contribution in [2.75, 3.05) is 31.3 Å². The standard InChI is InChI=1S/C29H35O4S/c1-5-16-32-21-10-12-22(13-11-21)33-26-15-14-25(23-8-6-7-9-24(23)26)27(30)28(29(2,3)4)34-19-17-31-18-20-34/h6-15,28H,5,16-20H2,1-4H3/q+1. The number of ether oxygens (including phenoxy) is 3. The van der Waals surface area contributed by atoms with Crippen LogP contribution >= 0.6 is 0 Å². The Morgan fingerprint density at radius 3 is 2.24 bits per heavy atom. The quantitative estimate of drug-likeness (QED) is 0.267. The zero-order valence-corrected chi connectivity index (χ0v) is 21.5. The molecule has 0 aliphatic carbocycles. The lowest BCUT2D eigenvalue weighted by molar-refractivity contribution is 0.0947. The van der Waals surface area contributed by atoms with E-state index in [0.29, 0.717) is 6.61 Å². The Morgan fingerprint density at radius 1 is 0.941 bits per heavy atom. The molecule has 1 heterocycles. The first-order valence-corrected chi connectivity index (χ1v) is 13.7. The van der Waals surface area contributed by atoms with Gasteiger partial charge in [0, 0.05) is 27.3 Å². The van der Waals surface area contributed by atoms with Crippen LogP contribution in [-0.2, 0) is 15.6 Å². The summed E-state index contributed by atoms with van der Waals surface area (Å²) in [5.41, 5.74) is 0.667. The molecule has 34 heavy (non-hydrogen) atoms. The van der Waals surface area contributed by atoms with Crippen molar-refractivity contribution >= 4 is 27.5 Å². The van der Waals surface area contributed by atoms with E-state index in [-0.39, 0.29) is 27.3 Å². The molecule has 0 bridgehead atoms. The van der Waals surface area contributed by atoms with Gasteiger partial charge < -0.3 is 14.2 Å². The zero-order chi connectivity index (χ0) is 24.1. The Labute approximate surface area is 206 Å². The second kappa shape index (κ2) is 10.8. The Balaban J connectivity index is 1.65. The fraction of sp³-hybridized carbons (Fsp3) is 0.414. The minimum absolute atomic E-state index is 0.0151. The maximum atomic E-state index is 14.0. The van der Waals surface area contributed by atoms with E-state index in [0.717, 1.165) is 64.7 Å². The molecule has 3 aromatic carbocycles. The van der Waals surface area contributed by atoms with Gasteiger partial charge in [0.2, 0.25) is 5.78 Å². The summed E-state index contributed by atoms with van der Waals surface area (Å²) in [7, 11) is 0.0151. The molecule has 0 radical (unpaired) electrons. The minimum Gasteiger partial charge on any atom is -0.494 e. The van der Waals surface area contributed by atoms with Crippen molar-refractivity contribution in [2.45, 2.75) is 39.4 Å². The van der Waals surface area contributed by atoms with Crippen LogP contribution in [0.3, 0.4) is 0 Å². The molecule has 1 aliphatic rings. The summed E-state index contributed by atoms with van der Waals surface area (Å²) in [6, 6.07) is 19.6. The Hall–Kier alpha value is -2.50. The van der Waals surface area contributed by atoms with Gasteiger partial charge in [-0.2, -0.15) is 0 Å². The summed E-state index contributed by atoms with van der Waals surface area (Å²) >= 11 is 0. The van der Waals surface area contributed by atoms with Crippen molar-refractivity contribution in [1.29, 1.82) is 0 Å². The lowest BCUT2D eigenvalue weighted by Gasteiger charge is -2.31. The van der Waals surface area contributed by atoms with Gasteiger partial charge in [0.1, 0.15) is 28.8 Å². The molecular weight excluding hydrogens is 444 g/mol. The molecule has 4 nitrogen and oxygen atoms in total. The average molecular weight is 480 g/mol. The van der Waals surface area contributed by atoms with Gasteiger partial charge >= 0.3 is 0 Å². The summed E-state index contributed by atoms with van der Waals surface area (Å²) in [4.78, 5) is 14.0. The second-order valence-electron chi connectivity index (χ2n) is 9.75. The molecule has 1 fully saturated rings. The fourth-order valence-corrected chi connectivity index (χ4v) is 7.25. The van der Waals surface area contributed by atoms with Gasteiger partial charge in [0.05, 0.1) is 19.8 Å². The van der Waals surface area contributed by atoms with E-state index in [1.54, 1.807) is 0 Å². The first kappa shape index (κ1) is 24.6. The Bertz CT molecular complexity index is 1110. The van der Waals surface area contributed by atoms with Gasteiger partial charge in [-0.1, -0.05) is 52.0 Å². The normalized spacial score (nSPS) is 15.8. The number of ketones is 1. The van der Waals surface area contributed by atoms with Crippen LogP contribution in [0.5, 0.6) is 17.2 Å². The van der Waals surface area contributed by atoms with Crippen LogP contribution in [-0.4, -0.2) is 42.4 Å². The largest absolute Gasteiger partial charge is 0.494 e. The van der Waals surface area contributed by atoms with Crippen molar-refractivity contribution in [3.8, 4) is 17.2 Å². The molecule has 3 aromatic rings. The third kappa shape index (κ3) is 5.59. The van der Waals surface area contributed by atoms with Gasteiger partial charge in [-0.25, -0.2) is 0 Å². The molecule has 1 unspecified atom stereocenters. The molecule has 180 valence electrons. The van der Waals surface area contributed by atoms with E-state index < -0.39 is 0 Å². The van der Waals surface area contributed by atoms with Crippen molar-refractivity contribution in [1.82, 2.24) is 0 Å². The van der Waals surface area contributed by atoms with E-state index in [9.17, 15) is 4.79 Å². The smallest absolute Gasteiger partial charge is 0.216 e. The molecular formula is C29H35O4S+. The highest BCUT2D eigenvalue weighted by molar-refractivity contribution is 7.98. The topological polar surface area (TPSA) is 44.8 Å². The number of fused-ring (bicyclic) bond motifs is 1. The van der Waals surface area contributed by atoms with Gasteiger partial charge in [-0.05, 0) is 48.2 Å². The van der Waals surface area contributed by atoms with E-state index in [4.69, 9.17) is 14.2 Å².